The molecule has 2 N–H and O–H groups in total. The lowest BCUT2D eigenvalue weighted by Gasteiger charge is -2.11. The molecule has 0 bridgehead atoms. The van der Waals surface area contributed by atoms with Gasteiger partial charge >= 0.3 is 0 Å². The van der Waals surface area contributed by atoms with Crippen molar-refractivity contribution in [2.75, 3.05) is 5.32 Å². The van der Waals surface area contributed by atoms with Crippen molar-refractivity contribution in [2.24, 2.45) is 0 Å². The molecule has 5 rings (SSSR count). The molecule has 0 spiro atoms. The first kappa shape index (κ1) is 16.5. The van der Waals surface area contributed by atoms with Crippen molar-refractivity contribution < 1.29 is 0 Å². The number of nitrogens with zero attached hydrogens (tertiary/aromatic N) is 4. The van der Waals surface area contributed by atoms with E-state index in [1.165, 1.54) is 0 Å². The molecule has 0 aliphatic carbocycles. The Morgan fingerprint density at radius 1 is 1.07 bits per heavy atom. The lowest BCUT2D eigenvalue weighted by Crippen LogP contribution is -2.07. The smallest absolute Gasteiger partial charge is 0.161 e. The summed E-state index contributed by atoms with van der Waals surface area (Å²) in [7, 11) is 0. The second-order valence-corrected chi connectivity index (χ2v) is 6.76. The highest BCUT2D eigenvalue weighted by Gasteiger charge is 2.12. The summed E-state index contributed by atoms with van der Waals surface area (Å²) in [6, 6.07) is 18.5. The van der Waals surface area contributed by atoms with Gasteiger partial charge in [0.05, 0.1) is 29.3 Å². The average Bonchev–Trinajstić information content (AvgIpc) is 3.38. The van der Waals surface area contributed by atoms with Gasteiger partial charge in [-0.15, -0.1) is 0 Å². The minimum absolute atomic E-state index is 0.678. The highest BCUT2D eigenvalue weighted by molar-refractivity contribution is 5.75. The maximum absolute atomic E-state index is 4.87. The summed E-state index contributed by atoms with van der Waals surface area (Å²) in [4.78, 5) is 12.3. The van der Waals surface area contributed by atoms with E-state index in [4.69, 9.17) is 4.98 Å². The summed E-state index contributed by atoms with van der Waals surface area (Å²) in [6.45, 7) is 2.80. The van der Waals surface area contributed by atoms with Gasteiger partial charge in [0, 0.05) is 23.7 Å². The molecular weight excluding hydrogens is 348 g/mol. The Labute approximate surface area is 162 Å². The molecule has 6 heteroatoms. The number of fused-ring (bicyclic) bond motifs is 2. The maximum Gasteiger partial charge on any atom is 0.161 e. The lowest BCUT2D eigenvalue weighted by molar-refractivity contribution is 0.927. The number of aryl methyl sites for hydroxylation is 1. The minimum Gasteiger partial charge on any atom is -0.366 e. The van der Waals surface area contributed by atoms with Crippen LogP contribution in [0.25, 0.3) is 27.9 Å². The Kier molecular flexibility index (Phi) is 4.01. The van der Waals surface area contributed by atoms with Gasteiger partial charge in [0.1, 0.15) is 5.82 Å². The Morgan fingerprint density at radius 3 is 2.82 bits per heavy atom. The van der Waals surface area contributed by atoms with E-state index >= 15 is 0 Å². The zero-order valence-electron chi connectivity index (χ0n) is 15.6. The summed E-state index contributed by atoms with van der Waals surface area (Å²) in [5.41, 5.74) is 7.24. The summed E-state index contributed by atoms with van der Waals surface area (Å²) in [5, 5.41) is 8.08. The summed E-state index contributed by atoms with van der Waals surface area (Å²) in [5.74, 6) is 0.922. The molecular formula is C22H20N6. The molecule has 138 valence electrons. The fourth-order valence-electron chi connectivity index (χ4n) is 3.42. The Bertz CT molecular complexity index is 1250. The second kappa shape index (κ2) is 6.81. The molecule has 0 aliphatic heterocycles. The topological polar surface area (TPSA) is 70.9 Å². The fourth-order valence-corrected chi connectivity index (χ4v) is 3.42. The molecule has 3 heterocycles. The van der Waals surface area contributed by atoms with E-state index in [0.717, 1.165) is 51.3 Å². The highest BCUT2D eigenvalue weighted by atomic mass is 15.3. The summed E-state index contributed by atoms with van der Waals surface area (Å²) in [6.07, 6.45) is 4.51. The average molecular weight is 368 g/mol. The molecule has 0 radical (unpaired) electrons. The number of aromatic amines is 1. The summed E-state index contributed by atoms with van der Waals surface area (Å²) >= 11 is 0. The standard InChI is InChI=1S/C22H20N6/c1-2-16-13-26-28-21(11-19(27-22(16)28)17-6-4-3-5-7-17)23-12-15-8-9-18-20(10-15)25-14-24-18/h3-11,13-14,23H,2,12H2,1H3,(H,24,25). The van der Waals surface area contributed by atoms with Crippen molar-refractivity contribution in [1.29, 1.82) is 0 Å². The number of hydrogen-bond donors (Lipinski definition) is 2. The Hall–Kier alpha value is -3.67. The van der Waals surface area contributed by atoms with Crippen LogP contribution in [0.5, 0.6) is 0 Å². The van der Waals surface area contributed by atoms with Gasteiger partial charge in [-0.05, 0) is 24.1 Å². The van der Waals surface area contributed by atoms with Crippen LogP contribution in [-0.4, -0.2) is 24.6 Å². The van der Waals surface area contributed by atoms with Crippen LogP contribution in [0.1, 0.15) is 18.1 Å². The summed E-state index contributed by atoms with van der Waals surface area (Å²) < 4.78 is 1.89. The van der Waals surface area contributed by atoms with Gasteiger partial charge in [-0.2, -0.15) is 9.61 Å². The van der Waals surface area contributed by atoms with Crippen LogP contribution in [0.3, 0.4) is 0 Å². The van der Waals surface area contributed by atoms with E-state index in [2.05, 4.69) is 63.7 Å². The Balaban J connectivity index is 1.54. The second-order valence-electron chi connectivity index (χ2n) is 6.76. The van der Waals surface area contributed by atoms with Crippen LogP contribution in [0.4, 0.5) is 5.82 Å². The molecule has 28 heavy (non-hydrogen) atoms. The third-order valence-corrected chi connectivity index (χ3v) is 4.95. The fraction of sp³-hybridized carbons (Fsp3) is 0.136. The number of imidazole rings is 1. The van der Waals surface area contributed by atoms with Crippen LogP contribution < -0.4 is 5.32 Å². The number of benzene rings is 2. The molecule has 0 atom stereocenters. The van der Waals surface area contributed by atoms with Crippen LogP contribution >= 0.6 is 0 Å². The van der Waals surface area contributed by atoms with E-state index < -0.39 is 0 Å². The van der Waals surface area contributed by atoms with Crippen molar-refractivity contribution >= 4 is 22.5 Å². The van der Waals surface area contributed by atoms with Gasteiger partial charge in [0.15, 0.2) is 5.65 Å². The quantitative estimate of drug-likeness (QED) is 0.481. The normalized spacial score (nSPS) is 11.3. The molecule has 6 nitrogen and oxygen atoms in total. The molecule has 0 saturated carbocycles. The number of aromatic nitrogens is 5. The van der Waals surface area contributed by atoms with E-state index in [1.54, 1.807) is 6.33 Å². The molecule has 0 fully saturated rings. The monoisotopic (exact) mass is 368 g/mol. The zero-order chi connectivity index (χ0) is 18.9. The van der Waals surface area contributed by atoms with Crippen LogP contribution in [0, 0.1) is 0 Å². The van der Waals surface area contributed by atoms with Crippen molar-refractivity contribution in [1.82, 2.24) is 24.6 Å². The predicted octanol–water partition coefficient (Wildman–Crippen LogP) is 4.45. The van der Waals surface area contributed by atoms with E-state index in [1.807, 2.05) is 28.9 Å². The molecule has 2 aromatic carbocycles. The number of rotatable bonds is 5. The van der Waals surface area contributed by atoms with Crippen molar-refractivity contribution in [2.45, 2.75) is 19.9 Å². The Morgan fingerprint density at radius 2 is 1.96 bits per heavy atom. The molecule has 0 aliphatic rings. The van der Waals surface area contributed by atoms with Gasteiger partial charge in [-0.25, -0.2) is 9.97 Å². The maximum atomic E-state index is 4.87. The van der Waals surface area contributed by atoms with Crippen LogP contribution in [-0.2, 0) is 13.0 Å². The predicted molar refractivity (Wildman–Crippen MR) is 111 cm³/mol. The largest absolute Gasteiger partial charge is 0.366 e. The van der Waals surface area contributed by atoms with Gasteiger partial charge < -0.3 is 10.3 Å². The zero-order valence-corrected chi connectivity index (χ0v) is 15.6. The minimum atomic E-state index is 0.678. The number of hydrogen-bond acceptors (Lipinski definition) is 4. The molecule has 0 amide bonds. The van der Waals surface area contributed by atoms with Gasteiger partial charge in [0.25, 0.3) is 0 Å². The van der Waals surface area contributed by atoms with Crippen LogP contribution in [0.2, 0.25) is 0 Å². The van der Waals surface area contributed by atoms with Crippen LogP contribution in [0.15, 0.2) is 67.1 Å². The molecule has 0 unspecified atom stereocenters. The molecule has 0 saturated heterocycles. The van der Waals surface area contributed by atoms with Gasteiger partial charge in [-0.1, -0.05) is 43.3 Å². The van der Waals surface area contributed by atoms with Crippen molar-refractivity contribution in [3.8, 4) is 11.3 Å². The molecule has 3 aromatic heterocycles. The number of nitrogens with one attached hydrogen (secondary N) is 2. The number of H-pyrrole nitrogens is 1. The van der Waals surface area contributed by atoms with E-state index in [9.17, 15) is 0 Å². The third-order valence-electron chi connectivity index (χ3n) is 4.95. The van der Waals surface area contributed by atoms with Crippen molar-refractivity contribution in [3.63, 3.8) is 0 Å². The van der Waals surface area contributed by atoms with E-state index in [-0.39, 0.29) is 0 Å². The first-order valence-corrected chi connectivity index (χ1v) is 9.41. The van der Waals surface area contributed by atoms with Crippen molar-refractivity contribution in [3.05, 3.63) is 78.2 Å². The first-order valence-electron chi connectivity index (χ1n) is 9.41. The third kappa shape index (κ3) is 2.89. The van der Waals surface area contributed by atoms with Gasteiger partial charge in [0.2, 0.25) is 0 Å². The highest BCUT2D eigenvalue weighted by Crippen LogP contribution is 2.24. The van der Waals surface area contributed by atoms with Gasteiger partial charge in [-0.3, -0.25) is 0 Å². The molecule has 5 aromatic rings. The lowest BCUT2D eigenvalue weighted by atomic mass is 10.1. The number of anilines is 1. The van der Waals surface area contributed by atoms with E-state index in [0.29, 0.717) is 6.54 Å². The first-order chi connectivity index (χ1) is 13.8. The SMILES string of the molecule is CCc1cnn2c(NCc3ccc4[nH]cnc4c3)cc(-c3ccccc3)nc12.